The van der Waals surface area contributed by atoms with Crippen LogP contribution in [0.5, 0.6) is 5.75 Å². The molecule has 1 unspecified atom stereocenters. The molecule has 0 bridgehead atoms. The van der Waals surface area contributed by atoms with E-state index in [1.54, 1.807) is 12.0 Å². The molecule has 2 saturated carbocycles. The third kappa shape index (κ3) is 4.64. The van der Waals surface area contributed by atoms with Gasteiger partial charge in [-0.05, 0) is 74.8 Å². The highest BCUT2D eigenvalue weighted by atomic mass is 16.5. The minimum atomic E-state index is -0.594. The molecule has 178 valence electrons. The molecule has 1 saturated heterocycles. The zero-order valence-electron chi connectivity index (χ0n) is 19.2. The Morgan fingerprint density at radius 2 is 1.94 bits per heavy atom. The first-order valence-corrected chi connectivity index (χ1v) is 12.2. The molecule has 0 spiro atoms. The minimum absolute atomic E-state index is 0.110. The van der Waals surface area contributed by atoms with Crippen LogP contribution in [0.25, 0.3) is 0 Å². The van der Waals surface area contributed by atoms with Gasteiger partial charge in [-0.1, -0.05) is 6.42 Å². The van der Waals surface area contributed by atoms with Gasteiger partial charge in [0.05, 0.1) is 6.10 Å². The van der Waals surface area contributed by atoms with Gasteiger partial charge in [0.2, 0.25) is 11.8 Å². The third-order valence-electron chi connectivity index (χ3n) is 7.68. The average molecular weight is 456 g/mol. The Labute approximate surface area is 194 Å². The molecule has 0 aromatic heterocycles. The molecule has 3 amide bonds. The zero-order chi connectivity index (χ0) is 22.9. The summed E-state index contributed by atoms with van der Waals surface area (Å²) in [5.41, 5.74) is 1.49. The van der Waals surface area contributed by atoms with Crippen molar-refractivity contribution < 1.29 is 23.9 Å². The summed E-state index contributed by atoms with van der Waals surface area (Å²) in [6.07, 6.45) is 7.91. The number of nitrogens with zero attached hydrogens (tertiary/aromatic N) is 1. The molecule has 2 heterocycles. The molecule has 2 N–H and O–H groups in total. The summed E-state index contributed by atoms with van der Waals surface area (Å²) in [5, 5.41) is 6.09. The number of carbonyl (C=O) groups excluding carboxylic acids is 3. The van der Waals surface area contributed by atoms with Crippen molar-refractivity contribution in [2.75, 3.05) is 13.7 Å². The number of amides is 3. The van der Waals surface area contributed by atoms with Gasteiger partial charge >= 0.3 is 0 Å². The number of nitrogens with one attached hydrogen (secondary N) is 2. The summed E-state index contributed by atoms with van der Waals surface area (Å²) >= 11 is 0. The number of fused-ring (bicyclic) bond motifs is 1. The van der Waals surface area contributed by atoms with E-state index in [1.165, 1.54) is 6.42 Å². The number of piperidine rings is 1. The lowest BCUT2D eigenvalue weighted by Crippen LogP contribution is -2.52. The SMILES string of the molecule is CO[C@H]1C[C@@H](CN[C@H]2CCCC[C@@H]2Oc2ccc3c(c2)CN(C2CCC(=O)NC2=O)C3=O)C1. The maximum absolute atomic E-state index is 12.9. The van der Waals surface area contributed by atoms with Crippen molar-refractivity contribution in [2.24, 2.45) is 5.92 Å². The molecule has 0 radical (unpaired) electrons. The molecule has 8 nitrogen and oxygen atoms in total. The minimum Gasteiger partial charge on any atom is -0.489 e. The number of rotatable bonds is 7. The highest BCUT2D eigenvalue weighted by molar-refractivity contribution is 6.05. The van der Waals surface area contributed by atoms with Gasteiger partial charge in [0.25, 0.3) is 5.91 Å². The van der Waals surface area contributed by atoms with Crippen LogP contribution in [0.2, 0.25) is 0 Å². The summed E-state index contributed by atoms with van der Waals surface area (Å²) in [6, 6.07) is 5.35. The standard InChI is InChI=1S/C25H33N3O5/c1-32-18-10-15(11-18)13-26-20-4-2-3-5-22(20)33-17-6-7-19-16(12-17)14-28(25(19)31)21-8-9-23(29)27-24(21)30/h6-7,12,15,18,20-22,26H,2-5,8-11,13-14H2,1H3,(H,27,29,30)/t15-,18+,20-,21?,22-/m0/s1. The van der Waals surface area contributed by atoms with Crippen molar-refractivity contribution in [3.8, 4) is 5.75 Å². The largest absolute Gasteiger partial charge is 0.489 e. The molecule has 2 aliphatic heterocycles. The van der Waals surface area contributed by atoms with E-state index in [4.69, 9.17) is 9.47 Å². The van der Waals surface area contributed by atoms with Crippen LogP contribution in [0.1, 0.15) is 67.3 Å². The van der Waals surface area contributed by atoms with Gasteiger partial charge in [-0.25, -0.2) is 0 Å². The second-order valence-corrected chi connectivity index (χ2v) is 9.87. The van der Waals surface area contributed by atoms with E-state index in [9.17, 15) is 14.4 Å². The van der Waals surface area contributed by atoms with Gasteiger partial charge in [0.1, 0.15) is 17.9 Å². The molecule has 3 atom stereocenters. The summed E-state index contributed by atoms with van der Waals surface area (Å²) in [6.45, 7) is 1.37. The summed E-state index contributed by atoms with van der Waals surface area (Å²) in [5.74, 6) is 0.638. The number of hydrogen-bond donors (Lipinski definition) is 2. The second-order valence-electron chi connectivity index (χ2n) is 9.87. The molecule has 1 aromatic carbocycles. The molecule has 8 heteroatoms. The Morgan fingerprint density at radius 1 is 1.12 bits per heavy atom. The number of benzene rings is 1. The highest BCUT2D eigenvalue weighted by Gasteiger charge is 2.39. The normalized spacial score (nSPS) is 31.7. The first kappa shape index (κ1) is 22.3. The molecular formula is C25H33N3O5. The summed E-state index contributed by atoms with van der Waals surface area (Å²) in [4.78, 5) is 38.2. The first-order chi connectivity index (χ1) is 16.0. The van der Waals surface area contributed by atoms with E-state index in [2.05, 4.69) is 10.6 Å². The van der Waals surface area contributed by atoms with Crippen LogP contribution in [0.4, 0.5) is 0 Å². The molecule has 1 aromatic rings. The predicted molar refractivity (Wildman–Crippen MR) is 121 cm³/mol. The van der Waals surface area contributed by atoms with Gasteiger partial charge < -0.3 is 19.7 Å². The van der Waals surface area contributed by atoms with Gasteiger partial charge in [-0.3, -0.25) is 19.7 Å². The molecule has 4 aliphatic rings. The van der Waals surface area contributed by atoms with E-state index in [0.717, 1.165) is 50.0 Å². The Bertz CT molecular complexity index is 929. The number of carbonyl (C=O) groups is 3. The molecule has 5 rings (SSSR count). The monoisotopic (exact) mass is 455 g/mol. The molecular weight excluding hydrogens is 422 g/mol. The van der Waals surface area contributed by atoms with Crippen LogP contribution in [0.15, 0.2) is 18.2 Å². The maximum atomic E-state index is 12.9. The van der Waals surface area contributed by atoms with Gasteiger partial charge in [-0.2, -0.15) is 0 Å². The van der Waals surface area contributed by atoms with Crippen molar-refractivity contribution in [2.45, 2.75) is 82.2 Å². The quantitative estimate of drug-likeness (QED) is 0.612. The fraction of sp³-hybridized carbons (Fsp3) is 0.640. The maximum Gasteiger partial charge on any atom is 0.255 e. The fourth-order valence-corrected chi connectivity index (χ4v) is 5.62. The highest BCUT2D eigenvalue weighted by Crippen LogP contribution is 2.33. The Morgan fingerprint density at radius 3 is 2.73 bits per heavy atom. The van der Waals surface area contributed by atoms with Crippen molar-refractivity contribution in [1.29, 1.82) is 0 Å². The lowest BCUT2D eigenvalue weighted by Gasteiger charge is -2.38. The van der Waals surface area contributed by atoms with Crippen molar-refractivity contribution in [3.63, 3.8) is 0 Å². The Hall–Kier alpha value is -2.45. The van der Waals surface area contributed by atoms with Crippen LogP contribution in [-0.2, 0) is 20.9 Å². The summed E-state index contributed by atoms with van der Waals surface area (Å²) in [7, 11) is 1.79. The fourth-order valence-electron chi connectivity index (χ4n) is 5.62. The third-order valence-corrected chi connectivity index (χ3v) is 7.68. The first-order valence-electron chi connectivity index (χ1n) is 12.2. The Balaban J connectivity index is 1.21. The van der Waals surface area contributed by atoms with Crippen LogP contribution in [0, 0.1) is 5.92 Å². The molecule has 3 fully saturated rings. The lowest BCUT2D eigenvalue weighted by atomic mass is 9.81. The van der Waals surface area contributed by atoms with Gasteiger partial charge in [0.15, 0.2) is 0 Å². The van der Waals surface area contributed by atoms with Crippen LogP contribution >= 0.6 is 0 Å². The lowest BCUT2D eigenvalue weighted by molar-refractivity contribution is -0.136. The van der Waals surface area contributed by atoms with E-state index in [0.29, 0.717) is 36.6 Å². The van der Waals surface area contributed by atoms with E-state index in [-0.39, 0.29) is 30.2 Å². The topological polar surface area (TPSA) is 97.0 Å². The van der Waals surface area contributed by atoms with Gasteiger partial charge in [0, 0.05) is 31.7 Å². The van der Waals surface area contributed by atoms with Crippen LogP contribution < -0.4 is 15.4 Å². The second kappa shape index (κ2) is 9.43. The van der Waals surface area contributed by atoms with E-state index in [1.807, 2.05) is 18.2 Å². The van der Waals surface area contributed by atoms with E-state index >= 15 is 0 Å². The smallest absolute Gasteiger partial charge is 0.255 e. The zero-order valence-corrected chi connectivity index (χ0v) is 19.2. The number of hydrogen-bond acceptors (Lipinski definition) is 6. The van der Waals surface area contributed by atoms with Crippen molar-refractivity contribution >= 4 is 17.7 Å². The summed E-state index contributed by atoms with van der Waals surface area (Å²) < 4.78 is 11.8. The molecule has 2 aliphatic carbocycles. The van der Waals surface area contributed by atoms with Gasteiger partial charge in [-0.15, -0.1) is 0 Å². The molecule has 33 heavy (non-hydrogen) atoms. The number of methoxy groups -OCH3 is 1. The Kier molecular flexibility index (Phi) is 6.38. The van der Waals surface area contributed by atoms with Crippen molar-refractivity contribution in [1.82, 2.24) is 15.5 Å². The predicted octanol–water partition coefficient (Wildman–Crippen LogP) is 2.15. The van der Waals surface area contributed by atoms with Crippen molar-refractivity contribution in [3.05, 3.63) is 29.3 Å². The average Bonchev–Trinajstić information content (AvgIpc) is 3.09. The number of imide groups is 1. The van der Waals surface area contributed by atoms with Crippen LogP contribution in [0.3, 0.4) is 0 Å². The number of ether oxygens (including phenoxy) is 2. The van der Waals surface area contributed by atoms with Crippen LogP contribution in [-0.4, -0.2) is 60.6 Å². The van der Waals surface area contributed by atoms with E-state index < -0.39 is 6.04 Å².